The Morgan fingerprint density at radius 3 is 1.27 bits per heavy atom. The van der Waals surface area contributed by atoms with Crippen molar-refractivity contribution in [2.45, 2.75) is 257 Å². The lowest BCUT2D eigenvalue weighted by Crippen LogP contribution is -2.45. The third kappa shape index (κ3) is 48.4. The van der Waals surface area contributed by atoms with Gasteiger partial charge in [-0.25, -0.2) is 0 Å². The molecule has 0 heterocycles. The number of likely N-dealkylation sites (N-methyl/N-ethyl adjacent to an activating group) is 1. The molecular formula is C55H105N2O6P. The summed E-state index contributed by atoms with van der Waals surface area (Å²) in [7, 11) is 1.23. The van der Waals surface area contributed by atoms with Crippen LogP contribution in [0.15, 0.2) is 48.6 Å². The summed E-state index contributed by atoms with van der Waals surface area (Å²) in [6.45, 7) is 4.63. The van der Waals surface area contributed by atoms with Crippen LogP contribution in [0.2, 0.25) is 0 Å². The van der Waals surface area contributed by atoms with E-state index in [-0.39, 0.29) is 12.5 Å². The number of allylic oxidation sites excluding steroid dienone is 7. The summed E-state index contributed by atoms with van der Waals surface area (Å²) in [6.07, 6.45) is 60.4. The van der Waals surface area contributed by atoms with Gasteiger partial charge in [0.1, 0.15) is 13.2 Å². The van der Waals surface area contributed by atoms with Crippen LogP contribution in [0.1, 0.15) is 245 Å². The average Bonchev–Trinajstić information content (AvgIpc) is 3.25. The number of carbonyl (C=O) groups excluding carboxylic acids is 1. The van der Waals surface area contributed by atoms with Crippen LogP contribution >= 0.6 is 7.82 Å². The third-order valence-corrected chi connectivity index (χ3v) is 13.0. The molecule has 0 bridgehead atoms. The highest BCUT2D eigenvalue weighted by atomic mass is 31.2. The highest BCUT2D eigenvalue weighted by molar-refractivity contribution is 7.45. The van der Waals surface area contributed by atoms with Gasteiger partial charge in [-0.15, -0.1) is 0 Å². The number of amides is 1. The van der Waals surface area contributed by atoms with Crippen molar-refractivity contribution in [2.75, 3.05) is 40.9 Å². The molecule has 0 saturated carbocycles. The topological polar surface area (TPSA) is 108 Å². The molecule has 1 amide bonds. The number of hydrogen-bond acceptors (Lipinski definition) is 6. The highest BCUT2D eigenvalue weighted by Gasteiger charge is 2.23. The molecule has 376 valence electrons. The predicted octanol–water partition coefficient (Wildman–Crippen LogP) is 15.3. The van der Waals surface area contributed by atoms with E-state index in [1.165, 1.54) is 161 Å². The molecule has 0 aliphatic carbocycles. The maximum atomic E-state index is 12.9. The van der Waals surface area contributed by atoms with Gasteiger partial charge < -0.3 is 28.8 Å². The fraction of sp³-hybridized carbons (Fsp3) is 0.836. The normalized spacial score (nSPS) is 14.4. The van der Waals surface area contributed by atoms with E-state index >= 15 is 0 Å². The van der Waals surface area contributed by atoms with E-state index in [9.17, 15) is 19.4 Å². The molecular weight excluding hydrogens is 816 g/mol. The van der Waals surface area contributed by atoms with Gasteiger partial charge in [-0.2, -0.15) is 0 Å². The minimum absolute atomic E-state index is 0.0112. The number of aliphatic hydroxyl groups is 1. The van der Waals surface area contributed by atoms with Crippen molar-refractivity contribution < 1.29 is 32.9 Å². The van der Waals surface area contributed by atoms with Crippen LogP contribution < -0.4 is 10.2 Å². The monoisotopic (exact) mass is 921 g/mol. The first-order valence-electron chi connectivity index (χ1n) is 27.0. The van der Waals surface area contributed by atoms with Gasteiger partial charge in [0.2, 0.25) is 5.91 Å². The number of phosphoric acid groups is 1. The molecule has 0 radical (unpaired) electrons. The van der Waals surface area contributed by atoms with E-state index in [0.717, 1.165) is 64.2 Å². The molecule has 0 aliphatic heterocycles. The minimum Gasteiger partial charge on any atom is -0.756 e. The SMILES string of the molecule is CCCCCCCCCCC/C=C\CCCCCCCC(=O)NC(COP(=O)([O-])OCC[N+](C)(C)C)C(O)/C=C/CC/C=C/CC/C=C/CCCCCCCCCCCCCCCC. The van der Waals surface area contributed by atoms with Crippen LogP contribution in [0.4, 0.5) is 0 Å². The predicted molar refractivity (Wildman–Crippen MR) is 274 cm³/mol. The number of quaternary nitrogens is 1. The number of nitrogens with one attached hydrogen (secondary N) is 1. The summed E-state index contributed by atoms with van der Waals surface area (Å²) in [6, 6.07) is -0.915. The van der Waals surface area contributed by atoms with E-state index in [1.54, 1.807) is 6.08 Å². The molecule has 0 aromatic heterocycles. The first kappa shape index (κ1) is 62.5. The lowest BCUT2D eigenvalue weighted by atomic mass is 10.0. The summed E-state index contributed by atoms with van der Waals surface area (Å²) >= 11 is 0. The van der Waals surface area contributed by atoms with Crippen LogP contribution in [0, 0.1) is 0 Å². The van der Waals surface area contributed by atoms with Crippen molar-refractivity contribution in [3.05, 3.63) is 48.6 Å². The zero-order chi connectivity index (χ0) is 47.1. The second-order valence-corrected chi connectivity index (χ2v) is 21.0. The summed E-state index contributed by atoms with van der Waals surface area (Å²) < 4.78 is 23.3. The second kappa shape index (κ2) is 46.6. The number of hydrogen-bond donors (Lipinski definition) is 2. The molecule has 0 rings (SSSR count). The van der Waals surface area contributed by atoms with E-state index < -0.39 is 26.6 Å². The molecule has 0 spiro atoms. The number of rotatable bonds is 49. The standard InChI is InChI=1S/C55H105N2O6P/c1-6-8-10-12-14-16-18-20-22-24-26-27-28-29-30-31-32-34-36-38-40-42-44-46-48-54(58)53(52-63-64(60,61)62-51-50-57(3,4)5)56-55(59)49-47-45-43-41-39-37-35-33-25-23-21-19-17-15-13-11-9-7-2/h31-33,35,38,40,46,48,53-54,58H,6-30,34,36-37,39,41-45,47,49-52H2,1-5H3,(H-,56,59,60,61)/b32-31+,35-33-,40-38+,48-46+. The Bertz CT molecular complexity index is 1180. The molecule has 0 aromatic rings. The molecule has 0 aliphatic rings. The van der Waals surface area contributed by atoms with Crippen molar-refractivity contribution in [3.8, 4) is 0 Å². The molecule has 64 heavy (non-hydrogen) atoms. The van der Waals surface area contributed by atoms with Crippen molar-refractivity contribution in [3.63, 3.8) is 0 Å². The van der Waals surface area contributed by atoms with Crippen LogP contribution in [0.5, 0.6) is 0 Å². The lowest BCUT2D eigenvalue weighted by molar-refractivity contribution is -0.870. The quantitative estimate of drug-likeness (QED) is 0.0272. The van der Waals surface area contributed by atoms with E-state index in [2.05, 4.69) is 55.6 Å². The van der Waals surface area contributed by atoms with Crippen LogP contribution in [0.3, 0.4) is 0 Å². The van der Waals surface area contributed by atoms with Crippen molar-refractivity contribution in [2.24, 2.45) is 0 Å². The first-order chi connectivity index (χ1) is 31.0. The van der Waals surface area contributed by atoms with E-state index in [0.29, 0.717) is 17.4 Å². The van der Waals surface area contributed by atoms with Crippen molar-refractivity contribution >= 4 is 13.7 Å². The smallest absolute Gasteiger partial charge is 0.268 e. The summed E-state index contributed by atoms with van der Waals surface area (Å²) in [5.74, 6) is -0.219. The Balaban J connectivity index is 4.36. The van der Waals surface area contributed by atoms with Crippen molar-refractivity contribution in [1.82, 2.24) is 5.32 Å². The fourth-order valence-corrected chi connectivity index (χ4v) is 8.43. The Morgan fingerprint density at radius 1 is 0.531 bits per heavy atom. The molecule has 3 unspecified atom stereocenters. The number of carbonyl (C=O) groups is 1. The molecule has 0 fully saturated rings. The van der Waals surface area contributed by atoms with Gasteiger partial charge in [0.15, 0.2) is 0 Å². The molecule has 0 saturated heterocycles. The number of nitrogens with zero attached hydrogens (tertiary/aromatic N) is 1. The Hall–Kier alpha value is -1.54. The summed E-state index contributed by atoms with van der Waals surface area (Å²) in [5.41, 5.74) is 0. The third-order valence-electron chi connectivity index (χ3n) is 12.0. The van der Waals surface area contributed by atoms with Gasteiger partial charge in [0, 0.05) is 6.42 Å². The maximum Gasteiger partial charge on any atom is 0.268 e. The second-order valence-electron chi connectivity index (χ2n) is 19.6. The lowest BCUT2D eigenvalue weighted by Gasteiger charge is -2.29. The van der Waals surface area contributed by atoms with Crippen LogP contribution in [-0.2, 0) is 18.4 Å². The zero-order valence-corrected chi connectivity index (χ0v) is 43.6. The van der Waals surface area contributed by atoms with E-state index in [1.807, 2.05) is 27.2 Å². The fourth-order valence-electron chi connectivity index (χ4n) is 7.71. The average molecular weight is 921 g/mol. The minimum atomic E-state index is -4.61. The number of phosphoric ester groups is 1. The molecule has 9 heteroatoms. The van der Waals surface area contributed by atoms with Crippen LogP contribution in [-0.4, -0.2) is 68.5 Å². The maximum absolute atomic E-state index is 12.9. The number of aliphatic hydroxyl groups excluding tert-OH is 1. The van der Waals surface area contributed by atoms with Crippen molar-refractivity contribution in [1.29, 1.82) is 0 Å². The van der Waals surface area contributed by atoms with Gasteiger partial charge in [-0.1, -0.05) is 217 Å². The summed E-state index contributed by atoms with van der Waals surface area (Å²) in [5, 5.41) is 13.8. The Morgan fingerprint density at radius 2 is 0.875 bits per heavy atom. The van der Waals surface area contributed by atoms with Gasteiger partial charge in [0.05, 0.1) is 39.9 Å². The Labute approximate surface area is 397 Å². The van der Waals surface area contributed by atoms with Gasteiger partial charge in [-0.3, -0.25) is 9.36 Å². The van der Waals surface area contributed by atoms with Crippen LogP contribution in [0.25, 0.3) is 0 Å². The van der Waals surface area contributed by atoms with Gasteiger partial charge >= 0.3 is 0 Å². The molecule has 0 aromatic carbocycles. The zero-order valence-electron chi connectivity index (χ0n) is 42.7. The van der Waals surface area contributed by atoms with Gasteiger partial charge in [-0.05, 0) is 70.6 Å². The molecule has 8 nitrogen and oxygen atoms in total. The largest absolute Gasteiger partial charge is 0.756 e. The number of unbranched alkanes of at least 4 members (excludes halogenated alkanes) is 30. The Kier molecular flexibility index (Phi) is 45.4. The molecule has 3 atom stereocenters. The first-order valence-corrected chi connectivity index (χ1v) is 28.5. The summed E-state index contributed by atoms with van der Waals surface area (Å²) in [4.78, 5) is 25.4. The van der Waals surface area contributed by atoms with E-state index in [4.69, 9.17) is 9.05 Å². The molecule has 2 N–H and O–H groups in total. The highest BCUT2D eigenvalue weighted by Crippen LogP contribution is 2.38. The van der Waals surface area contributed by atoms with Gasteiger partial charge in [0.25, 0.3) is 7.82 Å².